The second-order valence-electron chi connectivity index (χ2n) is 2.80. The molecule has 0 amide bonds. The number of aromatic nitrogens is 1. The lowest BCUT2D eigenvalue weighted by Crippen LogP contribution is -2.09. The first-order valence-electron chi connectivity index (χ1n) is 4.13. The van der Waals surface area contributed by atoms with Crippen molar-refractivity contribution < 1.29 is 18.3 Å². The minimum Gasteiger partial charge on any atom is -0.465 e. The number of ether oxygens (including phenoxy) is 1. The van der Waals surface area contributed by atoms with Gasteiger partial charge in [-0.3, -0.25) is 0 Å². The van der Waals surface area contributed by atoms with Crippen molar-refractivity contribution in [1.82, 2.24) is 4.98 Å². The Morgan fingerprint density at radius 3 is 2.75 bits per heavy atom. The van der Waals surface area contributed by atoms with Crippen LogP contribution in [0.25, 0.3) is 0 Å². The lowest BCUT2D eigenvalue weighted by atomic mass is 10.1. The van der Waals surface area contributed by atoms with Crippen molar-refractivity contribution in [2.75, 3.05) is 7.11 Å². The number of hydrogen-bond acceptors (Lipinski definition) is 3. The van der Waals surface area contributed by atoms with Gasteiger partial charge in [-0.2, -0.15) is 0 Å². The summed E-state index contributed by atoms with van der Waals surface area (Å²) in [7, 11) is 1.18. The van der Waals surface area contributed by atoms with E-state index in [9.17, 15) is 13.6 Å². The lowest BCUT2D eigenvalue weighted by molar-refractivity contribution is 0.0599. The van der Waals surface area contributed by atoms with Gasteiger partial charge in [-0.05, 0) is 11.6 Å². The molecular weight excluding hydrogens is 307 g/mol. The predicted octanol–water partition coefficient (Wildman–Crippen LogP) is 3.35. The molecule has 16 heavy (non-hydrogen) atoms. The first kappa shape index (κ1) is 13.3. The normalized spacial score (nSPS) is 10.6. The summed E-state index contributed by atoms with van der Waals surface area (Å²) in [4.78, 5) is 14.8. The number of hydrogen-bond donors (Lipinski definition) is 0. The Morgan fingerprint density at radius 2 is 2.31 bits per heavy atom. The Labute approximate surface area is 104 Å². The molecule has 7 heteroatoms. The number of carbonyl (C=O) groups excluding carboxylic acids is 1. The zero-order valence-corrected chi connectivity index (χ0v) is 10.5. The van der Waals surface area contributed by atoms with Crippen molar-refractivity contribution >= 4 is 33.5 Å². The monoisotopic (exact) mass is 313 g/mol. The first-order chi connectivity index (χ1) is 7.51. The zero-order valence-electron chi connectivity index (χ0n) is 8.14. The van der Waals surface area contributed by atoms with E-state index in [1.165, 1.54) is 7.11 Å². The largest absolute Gasteiger partial charge is 0.465 e. The third-order valence-corrected chi connectivity index (χ3v) is 2.71. The molecule has 0 saturated carbocycles. The highest BCUT2D eigenvalue weighted by atomic mass is 79.9. The summed E-state index contributed by atoms with van der Waals surface area (Å²) in [5.41, 5.74) is -0.139. The number of rotatable bonds is 3. The van der Waals surface area contributed by atoms with Crippen LogP contribution in [0.2, 0.25) is 5.15 Å². The number of methoxy groups -OCH3 is 1. The third kappa shape index (κ3) is 2.68. The molecule has 0 aliphatic rings. The van der Waals surface area contributed by atoms with E-state index in [4.69, 9.17) is 11.6 Å². The van der Waals surface area contributed by atoms with E-state index in [1.807, 2.05) is 0 Å². The molecule has 0 aromatic carbocycles. The summed E-state index contributed by atoms with van der Waals surface area (Å²) in [5, 5.41) is -0.0709. The highest BCUT2D eigenvalue weighted by Gasteiger charge is 2.21. The van der Waals surface area contributed by atoms with Crippen LogP contribution in [0.15, 0.2) is 6.07 Å². The van der Waals surface area contributed by atoms with Gasteiger partial charge >= 0.3 is 5.97 Å². The van der Waals surface area contributed by atoms with Gasteiger partial charge in [0.15, 0.2) is 0 Å². The molecule has 0 atom stereocenters. The molecule has 0 unspecified atom stereocenters. The van der Waals surface area contributed by atoms with Gasteiger partial charge in [0.25, 0.3) is 6.43 Å². The van der Waals surface area contributed by atoms with Crippen LogP contribution in [-0.2, 0) is 10.1 Å². The van der Waals surface area contributed by atoms with Crippen molar-refractivity contribution in [2.45, 2.75) is 11.8 Å². The molecule has 1 heterocycles. The quantitative estimate of drug-likeness (QED) is 0.488. The summed E-state index contributed by atoms with van der Waals surface area (Å²) < 4.78 is 29.3. The number of pyridine rings is 1. The number of nitrogens with zero attached hydrogens (tertiary/aromatic N) is 1. The van der Waals surface area contributed by atoms with E-state index < -0.39 is 18.1 Å². The van der Waals surface area contributed by atoms with E-state index in [0.29, 0.717) is 5.56 Å². The summed E-state index contributed by atoms with van der Waals surface area (Å²) in [6.45, 7) is 0. The Balaban J connectivity index is 3.34. The Bertz CT molecular complexity index is 415. The highest BCUT2D eigenvalue weighted by Crippen LogP contribution is 2.26. The summed E-state index contributed by atoms with van der Waals surface area (Å²) in [6.07, 6.45) is -2.73. The van der Waals surface area contributed by atoms with E-state index in [0.717, 1.165) is 6.07 Å². The fourth-order valence-corrected chi connectivity index (χ4v) is 1.86. The topological polar surface area (TPSA) is 39.2 Å². The van der Waals surface area contributed by atoms with Crippen LogP contribution >= 0.6 is 27.5 Å². The lowest BCUT2D eigenvalue weighted by Gasteiger charge is -2.09. The molecule has 1 rings (SSSR count). The maximum atomic E-state index is 12.4. The second kappa shape index (κ2) is 5.54. The van der Waals surface area contributed by atoms with Crippen LogP contribution in [0.5, 0.6) is 0 Å². The number of esters is 1. The summed E-state index contributed by atoms with van der Waals surface area (Å²) >= 11 is 8.75. The maximum Gasteiger partial charge on any atom is 0.341 e. The molecule has 0 radical (unpaired) electrons. The van der Waals surface area contributed by atoms with Gasteiger partial charge in [-0.1, -0.05) is 27.5 Å². The molecule has 88 valence electrons. The summed E-state index contributed by atoms with van der Waals surface area (Å²) in [5.74, 6) is -0.701. The van der Waals surface area contributed by atoms with Crippen LogP contribution in [-0.4, -0.2) is 18.1 Å². The van der Waals surface area contributed by atoms with E-state index >= 15 is 0 Å². The SMILES string of the molecule is COC(=O)c1c(CBr)cc(C(F)F)nc1Cl. The van der Waals surface area contributed by atoms with Crippen molar-refractivity contribution in [3.63, 3.8) is 0 Å². The van der Waals surface area contributed by atoms with Gasteiger partial charge in [0.1, 0.15) is 16.4 Å². The Morgan fingerprint density at radius 1 is 1.69 bits per heavy atom. The average molecular weight is 315 g/mol. The van der Waals surface area contributed by atoms with Gasteiger partial charge in [-0.15, -0.1) is 0 Å². The molecule has 0 saturated heterocycles. The fourth-order valence-electron chi connectivity index (χ4n) is 1.12. The van der Waals surface area contributed by atoms with Gasteiger partial charge in [0, 0.05) is 5.33 Å². The predicted molar refractivity (Wildman–Crippen MR) is 58.2 cm³/mol. The van der Waals surface area contributed by atoms with Crippen molar-refractivity contribution in [3.8, 4) is 0 Å². The van der Waals surface area contributed by atoms with Crippen molar-refractivity contribution in [2.24, 2.45) is 0 Å². The van der Waals surface area contributed by atoms with Crippen LogP contribution in [0.3, 0.4) is 0 Å². The Hall–Kier alpha value is -0.750. The van der Waals surface area contributed by atoms with E-state index in [2.05, 4.69) is 25.7 Å². The van der Waals surface area contributed by atoms with Crippen LogP contribution in [0, 0.1) is 0 Å². The van der Waals surface area contributed by atoms with Gasteiger partial charge in [0.05, 0.1) is 7.11 Å². The minimum absolute atomic E-state index is 0.00504. The summed E-state index contributed by atoms with van der Waals surface area (Å²) in [6, 6.07) is 1.12. The molecule has 0 spiro atoms. The molecule has 3 nitrogen and oxygen atoms in total. The van der Waals surface area contributed by atoms with Gasteiger partial charge in [-0.25, -0.2) is 18.6 Å². The maximum absolute atomic E-state index is 12.4. The molecule has 0 aliphatic carbocycles. The molecule has 0 fully saturated rings. The molecule has 1 aromatic rings. The minimum atomic E-state index is -2.73. The molecule has 0 bridgehead atoms. The second-order valence-corrected chi connectivity index (χ2v) is 3.72. The van der Waals surface area contributed by atoms with Crippen LogP contribution in [0.1, 0.15) is 28.0 Å². The molecule has 0 aliphatic heterocycles. The number of alkyl halides is 3. The number of halogens is 4. The van der Waals surface area contributed by atoms with Crippen molar-refractivity contribution in [1.29, 1.82) is 0 Å². The zero-order chi connectivity index (χ0) is 12.3. The molecule has 0 N–H and O–H groups in total. The standard InChI is InChI=1S/C9H7BrClF2NO2/c1-16-9(15)6-4(3-10)2-5(8(12)13)14-7(6)11/h2,8H,3H2,1H3. The smallest absolute Gasteiger partial charge is 0.341 e. The van der Waals surface area contributed by atoms with Crippen LogP contribution < -0.4 is 0 Å². The van der Waals surface area contributed by atoms with E-state index in [-0.39, 0.29) is 16.0 Å². The molecule has 1 aromatic heterocycles. The van der Waals surface area contributed by atoms with Gasteiger partial charge < -0.3 is 4.74 Å². The molecular formula is C9H7BrClF2NO2. The van der Waals surface area contributed by atoms with Crippen LogP contribution in [0.4, 0.5) is 8.78 Å². The number of carbonyl (C=O) groups is 1. The van der Waals surface area contributed by atoms with E-state index in [1.54, 1.807) is 0 Å². The highest BCUT2D eigenvalue weighted by molar-refractivity contribution is 9.08. The van der Waals surface area contributed by atoms with Gasteiger partial charge in [0.2, 0.25) is 0 Å². The Kier molecular flexibility index (Phi) is 4.61. The fraction of sp³-hybridized carbons (Fsp3) is 0.333. The third-order valence-electron chi connectivity index (χ3n) is 1.83. The van der Waals surface area contributed by atoms with Crippen molar-refractivity contribution in [3.05, 3.63) is 28.0 Å². The first-order valence-corrected chi connectivity index (χ1v) is 5.63. The average Bonchev–Trinajstić information content (AvgIpc) is 2.26.